The maximum Gasteiger partial charge on any atom is 0.134 e. The fraction of sp³-hybridized carbons (Fsp3) is 0.273. The van der Waals surface area contributed by atoms with E-state index in [-0.39, 0.29) is 5.82 Å². The van der Waals surface area contributed by atoms with E-state index in [0.717, 1.165) is 47.8 Å². The number of fused-ring (bicyclic) bond motifs is 1. The number of aryl methyl sites for hydroxylation is 4. The van der Waals surface area contributed by atoms with Gasteiger partial charge in [-0.05, 0) is 84.0 Å². The van der Waals surface area contributed by atoms with Crippen LogP contribution in [0.15, 0.2) is 78.9 Å². The molecule has 0 aromatic heterocycles. The molecule has 0 nitrogen and oxygen atoms in total. The Hall–Kier alpha value is -3.37. The summed E-state index contributed by atoms with van der Waals surface area (Å²) in [4.78, 5) is 0. The summed E-state index contributed by atoms with van der Waals surface area (Å²) in [7, 11) is 0. The van der Waals surface area contributed by atoms with Crippen molar-refractivity contribution >= 4 is 10.8 Å². The van der Waals surface area contributed by atoms with Gasteiger partial charge in [0.25, 0.3) is 0 Å². The molecule has 0 aliphatic rings. The maximum absolute atomic E-state index is 15.2. The highest BCUT2D eigenvalue weighted by Crippen LogP contribution is 2.24. The van der Waals surface area contributed by atoms with Gasteiger partial charge in [0.15, 0.2) is 0 Å². The number of hydrogen-bond donors (Lipinski definition) is 0. The van der Waals surface area contributed by atoms with E-state index in [1.807, 2.05) is 30.3 Å². The normalized spacial score (nSPS) is 10.8. The van der Waals surface area contributed by atoms with Crippen LogP contribution in [0.25, 0.3) is 10.8 Å². The first kappa shape index (κ1) is 23.8. The number of halogens is 1. The van der Waals surface area contributed by atoms with Crippen LogP contribution in [0, 0.1) is 17.7 Å². The van der Waals surface area contributed by atoms with Crippen molar-refractivity contribution in [3.05, 3.63) is 118 Å². The third-order valence-corrected chi connectivity index (χ3v) is 6.40. The highest BCUT2D eigenvalue weighted by atomic mass is 19.1. The fourth-order valence-corrected chi connectivity index (χ4v) is 4.33. The van der Waals surface area contributed by atoms with Crippen molar-refractivity contribution in [2.45, 2.75) is 58.8 Å². The standard InChI is InChI=1S/C33H33F/c1-3-5-7-26-10-14-28(15-11-26)18-20-30-21-22-31-24-29(19-23-32(31)33(30)34)17-16-27-12-8-25(6-4-2)9-13-27/h8-15,19,21-24H,3-7,18,20H2,1-2H3. The predicted octanol–water partition coefficient (Wildman–Crippen LogP) is 8.46. The molecule has 0 heterocycles. The fourth-order valence-electron chi connectivity index (χ4n) is 4.33. The predicted molar refractivity (Wildman–Crippen MR) is 143 cm³/mol. The van der Waals surface area contributed by atoms with Crippen LogP contribution in [0.1, 0.15) is 66.5 Å². The molecule has 0 radical (unpaired) electrons. The van der Waals surface area contributed by atoms with Gasteiger partial charge in [-0.25, -0.2) is 4.39 Å². The summed E-state index contributed by atoms with van der Waals surface area (Å²) in [5.74, 6) is 6.35. The van der Waals surface area contributed by atoms with E-state index >= 15 is 4.39 Å². The lowest BCUT2D eigenvalue weighted by Gasteiger charge is -2.08. The number of rotatable bonds is 8. The summed E-state index contributed by atoms with van der Waals surface area (Å²) in [6, 6.07) is 26.9. The first-order chi connectivity index (χ1) is 16.7. The van der Waals surface area contributed by atoms with E-state index in [9.17, 15) is 0 Å². The van der Waals surface area contributed by atoms with Gasteiger partial charge in [0.2, 0.25) is 0 Å². The Labute approximate surface area is 203 Å². The molecule has 0 unspecified atom stereocenters. The molecule has 0 atom stereocenters. The van der Waals surface area contributed by atoms with Gasteiger partial charge in [0.1, 0.15) is 5.82 Å². The molecule has 0 saturated carbocycles. The summed E-state index contributed by atoms with van der Waals surface area (Å²) in [5.41, 5.74) is 6.66. The molecule has 0 amide bonds. The largest absolute Gasteiger partial charge is 0.206 e. The molecule has 0 aliphatic carbocycles. The molecule has 1 heteroatoms. The molecule has 0 spiro atoms. The van der Waals surface area contributed by atoms with Crippen molar-refractivity contribution in [1.82, 2.24) is 0 Å². The van der Waals surface area contributed by atoms with Gasteiger partial charge < -0.3 is 0 Å². The van der Waals surface area contributed by atoms with Gasteiger partial charge in [0, 0.05) is 16.5 Å². The maximum atomic E-state index is 15.2. The van der Waals surface area contributed by atoms with Crippen LogP contribution in [0.3, 0.4) is 0 Å². The quantitative estimate of drug-likeness (QED) is 0.237. The van der Waals surface area contributed by atoms with Crippen LogP contribution in [-0.2, 0) is 25.7 Å². The molecular formula is C33H33F. The van der Waals surface area contributed by atoms with E-state index in [2.05, 4.69) is 74.2 Å². The van der Waals surface area contributed by atoms with Crippen molar-refractivity contribution in [1.29, 1.82) is 0 Å². The van der Waals surface area contributed by atoms with E-state index < -0.39 is 0 Å². The Morgan fingerprint density at radius 1 is 0.588 bits per heavy atom. The van der Waals surface area contributed by atoms with Gasteiger partial charge in [-0.15, -0.1) is 0 Å². The van der Waals surface area contributed by atoms with Crippen LogP contribution in [0.2, 0.25) is 0 Å². The van der Waals surface area contributed by atoms with Crippen LogP contribution in [0.5, 0.6) is 0 Å². The molecule has 0 N–H and O–H groups in total. The Balaban J connectivity index is 1.44. The van der Waals surface area contributed by atoms with Crippen LogP contribution in [-0.4, -0.2) is 0 Å². The zero-order chi connectivity index (χ0) is 23.8. The zero-order valence-electron chi connectivity index (χ0n) is 20.3. The number of benzene rings is 4. The van der Waals surface area contributed by atoms with Gasteiger partial charge >= 0.3 is 0 Å². The monoisotopic (exact) mass is 448 g/mol. The Morgan fingerprint density at radius 3 is 1.91 bits per heavy atom. The molecule has 0 aliphatic heterocycles. The summed E-state index contributed by atoms with van der Waals surface area (Å²) in [6.45, 7) is 4.40. The van der Waals surface area contributed by atoms with Crippen molar-refractivity contribution < 1.29 is 4.39 Å². The third-order valence-electron chi connectivity index (χ3n) is 6.40. The molecule has 0 fully saturated rings. The first-order valence-corrected chi connectivity index (χ1v) is 12.6. The van der Waals surface area contributed by atoms with Crippen molar-refractivity contribution in [3.8, 4) is 11.8 Å². The van der Waals surface area contributed by atoms with Crippen LogP contribution < -0.4 is 0 Å². The Kier molecular flexibility index (Phi) is 8.16. The smallest absolute Gasteiger partial charge is 0.134 e. The third kappa shape index (κ3) is 6.15. The second-order valence-electron chi connectivity index (χ2n) is 9.09. The lowest BCUT2D eigenvalue weighted by atomic mass is 9.98. The number of hydrogen-bond acceptors (Lipinski definition) is 0. The minimum Gasteiger partial charge on any atom is -0.206 e. The second kappa shape index (κ2) is 11.7. The molecular weight excluding hydrogens is 415 g/mol. The van der Waals surface area contributed by atoms with E-state index in [4.69, 9.17) is 0 Å². The lowest BCUT2D eigenvalue weighted by molar-refractivity contribution is 0.620. The lowest BCUT2D eigenvalue weighted by Crippen LogP contribution is -1.96. The van der Waals surface area contributed by atoms with Crippen LogP contribution >= 0.6 is 0 Å². The molecule has 4 aromatic carbocycles. The van der Waals surface area contributed by atoms with Gasteiger partial charge in [-0.3, -0.25) is 0 Å². The molecule has 0 saturated heterocycles. The van der Waals surface area contributed by atoms with Crippen molar-refractivity contribution in [3.63, 3.8) is 0 Å². The Bertz CT molecular complexity index is 1280. The summed E-state index contributed by atoms with van der Waals surface area (Å²) in [5, 5.41) is 1.56. The van der Waals surface area contributed by atoms with Gasteiger partial charge in [-0.1, -0.05) is 93.1 Å². The molecule has 172 valence electrons. The highest BCUT2D eigenvalue weighted by molar-refractivity contribution is 5.85. The molecule has 0 bridgehead atoms. The van der Waals surface area contributed by atoms with E-state index in [1.54, 1.807) is 0 Å². The minimum absolute atomic E-state index is 0.108. The Morgan fingerprint density at radius 2 is 1.21 bits per heavy atom. The molecule has 4 aromatic rings. The minimum atomic E-state index is -0.108. The van der Waals surface area contributed by atoms with Crippen LogP contribution in [0.4, 0.5) is 4.39 Å². The average molecular weight is 449 g/mol. The van der Waals surface area contributed by atoms with Gasteiger partial charge in [-0.2, -0.15) is 0 Å². The van der Waals surface area contributed by atoms with E-state index in [0.29, 0.717) is 11.8 Å². The van der Waals surface area contributed by atoms with Gasteiger partial charge in [0.05, 0.1) is 0 Å². The highest BCUT2D eigenvalue weighted by Gasteiger charge is 2.08. The molecule has 4 rings (SSSR count). The summed E-state index contributed by atoms with van der Waals surface area (Å²) >= 11 is 0. The average Bonchev–Trinajstić information content (AvgIpc) is 2.87. The first-order valence-electron chi connectivity index (χ1n) is 12.6. The number of unbranched alkanes of at least 4 members (excludes halogenated alkanes) is 1. The van der Waals surface area contributed by atoms with E-state index in [1.165, 1.54) is 29.5 Å². The SMILES string of the molecule is CCCCc1ccc(CCc2ccc3cc(C#Cc4ccc(CCC)cc4)ccc3c2F)cc1. The molecule has 34 heavy (non-hydrogen) atoms. The summed E-state index contributed by atoms with van der Waals surface area (Å²) in [6.07, 6.45) is 7.35. The van der Waals surface area contributed by atoms with Crippen molar-refractivity contribution in [2.75, 3.05) is 0 Å². The topological polar surface area (TPSA) is 0 Å². The van der Waals surface area contributed by atoms with Crippen molar-refractivity contribution in [2.24, 2.45) is 0 Å². The summed E-state index contributed by atoms with van der Waals surface area (Å²) < 4.78 is 15.2. The second-order valence-corrected chi connectivity index (χ2v) is 9.09. The zero-order valence-corrected chi connectivity index (χ0v) is 20.3.